The number of amides is 1. The standard InChI is InChI=1S/C35H36F8N6O6/c1-46(33(10-5-11-33)32(52)53-2)48(19-22-8-9-27(30(37)29(22)36)55-17-14-47-12-15-54-16-13-47)31(51)26(20-50)49(35(41,42)43)25-7-4-3-6-23(25)24-18-28(34(38,39)40)45-21-44-24/h3-4,6-9,18,20-21,26H,5,10-17,19H2,1-2H3. The van der Waals surface area contributed by atoms with Gasteiger partial charge in [0.25, 0.3) is 5.91 Å². The van der Waals surface area contributed by atoms with E-state index in [1.165, 1.54) is 6.07 Å². The smallest absolute Gasteiger partial charge is 0.485 e. The predicted molar refractivity (Wildman–Crippen MR) is 177 cm³/mol. The van der Waals surface area contributed by atoms with Crippen LogP contribution in [0.5, 0.6) is 5.75 Å². The summed E-state index contributed by atoms with van der Waals surface area (Å²) in [5.41, 5.74) is -5.81. The molecule has 1 unspecified atom stereocenters. The van der Waals surface area contributed by atoms with Gasteiger partial charge in [0.1, 0.15) is 24.2 Å². The first-order valence-electron chi connectivity index (χ1n) is 16.9. The van der Waals surface area contributed by atoms with Crippen LogP contribution in [0.15, 0.2) is 48.8 Å². The highest BCUT2D eigenvalue weighted by Gasteiger charge is 2.54. The minimum atomic E-state index is -5.56. The zero-order valence-electron chi connectivity index (χ0n) is 29.5. The number of aldehydes is 1. The number of carbonyl (C=O) groups excluding carboxylic acids is 3. The van der Waals surface area contributed by atoms with E-state index in [1.54, 1.807) is 0 Å². The van der Waals surface area contributed by atoms with Crippen LogP contribution in [0.1, 0.15) is 30.5 Å². The molecule has 1 amide bonds. The van der Waals surface area contributed by atoms with Crippen molar-refractivity contribution in [2.24, 2.45) is 0 Å². The molecule has 1 aromatic heterocycles. The maximum absolute atomic E-state index is 15.7. The van der Waals surface area contributed by atoms with E-state index in [-0.39, 0.29) is 25.7 Å². The van der Waals surface area contributed by atoms with Crippen LogP contribution in [0.2, 0.25) is 0 Å². The Bertz CT molecular complexity index is 1850. The molecule has 0 N–H and O–H groups in total. The number of hydrazine groups is 1. The summed E-state index contributed by atoms with van der Waals surface area (Å²) in [6.07, 6.45) is -9.93. The van der Waals surface area contributed by atoms with Crippen LogP contribution in [0.25, 0.3) is 11.3 Å². The number of rotatable bonds is 14. The van der Waals surface area contributed by atoms with Gasteiger partial charge < -0.3 is 19.0 Å². The number of morpholine rings is 1. The van der Waals surface area contributed by atoms with Gasteiger partial charge in [-0.05, 0) is 37.5 Å². The average molecular weight is 789 g/mol. The summed E-state index contributed by atoms with van der Waals surface area (Å²) in [4.78, 5) is 48.4. The number of esters is 1. The molecule has 1 saturated heterocycles. The monoisotopic (exact) mass is 788 g/mol. The van der Waals surface area contributed by atoms with Gasteiger partial charge in [-0.1, -0.05) is 24.3 Å². The first kappa shape index (κ1) is 41.2. The highest BCUT2D eigenvalue weighted by Crippen LogP contribution is 2.42. The number of methoxy groups -OCH3 is 1. The largest absolute Gasteiger partial charge is 0.489 e. The zero-order valence-corrected chi connectivity index (χ0v) is 29.5. The quantitative estimate of drug-likeness (QED) is 0.0548. The Morgan fingerprint density at radius 1 is 1.02 bits per heavy atom. The maximum Gasteiger partial charge on any atom is 0.485 e. The number of carbonyl (C=O) groups is 3. The maximum atomic E-state index is 15.7. The molecule has 3 aromatic rings. The van der Waals surface area contributed by atoms with Crippen molar-refractivity contribution in [3.05, 3.63) is 71.7 Å². The number of likely N-dealkylation sites (N-methyl/N-ethyl adjacent to an activating group) is 1. The molecule has 0 radical (unpaired) electrons. The Balaban J connectivity index is 1.54. The van der Waals surface area contributed by atoms with E-state index >= 15 is 22.0 Å². The molecule has 20 heteroatoms. The van der Waals surface area contributed by atoms with Crippen molar-refractivity contribution in [2.45, 2.75) is 49.9 Å². The Hall–Kier alpha value is -4.95. The van der Waals surface area contributed by atoms with Crippen LogP contribution in [0.4, 0.5) is 40.8 Å². The molecule has 1 atom stereocenters. The van der Waals surface area contributed by atoms with Crippen molar-refractivity contribution in [3.63, 3.8) is 0 Å². The minimum Gasteiger partial charge on any atom is -0.489 e. The van der Waals surface area contributed by atoms with Crippen molar-refractivity contribution in [2.75, 3.05) is 58.5 Å². The third-order valence-electron chi connectivity index (χ3n) is 9.53. The molecule has 2 fully saturated rings. The van der Waals surface area contributed by atoms with Gasteiger partial charge in [0.15, 0.2) is 23.9 Å². The van der Waals surface area contributed by atoms with Crippen LogP contribution >= 0.6 is 0 Å². The Labute approximate surface area is 309 Å². The van der Waals surface area contributed by atoms with Crippen molar-refractivity contribution in [1.82, 2.24) is 24.9 Å². The van der Waals surface area contributed by atoms with Crippen LogP contribution in [0, 0.1) is 11.6 Å². The van der Waals surface area contributed by atoms with Crippen LogP contribution < -0.4 is 9.64 Å². The lowest BCUT2D eigenvalue weighted by Crippen LogP contribution is -2.67. The third-order valence-corrected chi connectivity index (χ3v) is 9.53. The van der Waals surface area contributed by atoms with E-state index in [2.05, 4.69) is 9.97 Å². The number of ether oxygens (including phenoxy) is 3. The fourth-order valence-corrected chi connectivity index (χ4v) is 6.39. The van der Waals surface area contributed by atoms with Crippen molar-refractivity contribution in [3.8, 4) is 17.0 Å². The summed E-state index contributed by atoms with van der Waals surface area (Å²) < 4.78 is 133. The number of anilines is 1. The summed E-state index contributed by atoms with van der Waals surface area (Å²) >= 11 is 0. The van der Waals surface area contributed by atoms with Gasteiger partial charge >= 0.3 is 18.4 Å². The molecule has 2 heterocycles. The van der Waals surface area contributed by atoms with Crippen molar-refractivity contribution in [1.29, 1.82) is 0 Å². The lowest BCUT2D eigenvalue weighted by molar-refractivity contribution is -0.192. The van der Waals surface area contributed by atoms with Crippen molar-refractivity contribution < 1.29 is 63.7 Å². The number of halogens is 8. The molecule has 2 aromatic carbocycles. The molecular weight excluding hydrogens is 752 g/mol. The second kappa shape index (κ2) is 16.8. The first-order chi connectivity index (χ1) is 26.0. The van der Waals surface area contributed by atoms with E-state index in [0.717, 1.165) is 49.5 Å². The fraction of sp³-hybridized carbons (Fsp3) is 0.457. The summed E-state index contributed by atoms with van der Waals surface area (Å²) in [6, 6.07) is 3.78. The average Bonchev–Trinajstić information content (AvgIpc) is 3.14. The Kier molecular flexibility index (Phi) is 12.6. The number of aromatic nitrogens is 2. The molecule has 5 rings (SSSR count). The number of alkyl halides is 6. The van der Waals surface area contributed by atoms with E-state index in [0.29, 0.717) is 56.7 Å². The second-order valence-corrected chi connectivity index (χ2v) is 12.7. The summed E-state index contributed by atoms with van der Waals surface area (Å²) in [5, 5.41) is 1.45. The topological polar surface area (TPSA) is 118 Å². The van der Waals surface area contributed by atoms with Gasteiger partial charge in [0.05, 0.1) is 38.2 Å². The second-order valence-electron chi connectivity index (χ2n) is 12.7. The lowest BCUT2D eigenvalue weighted by atomic mass is 9.76. The predicted octanol–water partition coefficient (Wildman–Crippen LogP) is 5.02. The van der Waals surface area contributed by atoms with Gasteiger partial charge in [-0.15, -0.1) is 0 Å². The van der Waals surface area contributed by atoms with Gasteiger partial charge in [-0.2, -0.15) is 30.7 Å². The van der Waals surface area contributed by atoms with Crippen LogP contribution in [-0.4, -0.2) is 115 Å². The van der Waals surface area contributed by atoms with E-state index in [1.807, 2.05) is 4.90 Å². The molecule has 55 heavy (non-hydrogen) atoms. The highest BCUT2D eigenvalue weighted by atomic mass is 19.4. The van der Waals surface area contributed by atoms with E-state index < -0.39 is 93.0 Å². The van der Waals surface area contributed by atoms with E-state index in [4.69, 9.17) is 14.2 Å². The fourth-order valence-electron chi connectivity index (χ4n) is 6.39. The Morgan fingerprint density at radius 3 is 2.31 bits per heavy atom. The Morgan fingerprint density at radius 2 is 1.71 bits per heavy atom. The number of hydrogen-bond acceptors (Lipinski definition) is 11. The van der Waals surface area contributed by atoms with Crippen molar-refractivity contribution >= 4 is 23.9 Å². The van der Waals surface area contributed by atoms with Crippen LogP contribution in [0.3, 0.4) is 0 Å². The molecule has 1 aliphatic carbocycles. The zero-order chi connectivity index (χ0) is 40.1. The minimum absolute atomic E-state index is 0.0208. The molecule has 0 bridgehead atoms. The molecule has 2 aliphatic rings. The molecule has 0 spiro atoms. The number of benzene rings is 2. The third kappa shape index (κ3) is 8.80. The summed E-state index contributed by atoms with van der Waals surface area (Å²) in [6.45, 7) is 1.60. The SMILES string of the molecule is COC(=O)C1(N(C)N(Cc2ccc(OCCN3CCOCC3)c(F)c2F)C(=O)C(C=O)N(c2ccccc2-c2cc(C(F)(F)F)ncn2)C(F)(F)F)CCC1. The highest BCUT2D eigenvalue weighted by molar-refractivity contribution is 6.00. The number of hydrogen-bond donors (Lipinski definition) is 0. The van der Waals surface area contributed by atoms with Gasteiger partial charge in [0, 0.05) is 37.8 Å². The number of nitrogens with zero attached hydrogens (tertiary/aromatic N) is 6. The number of para-hydroxylation sites is 1. The first-order valence-corrected chi connectivity index (χ1v) is 16.9. The molecule has 298 valence electrons. The molecular formula is C35H36F8N6O6. The van der Waals surface area contributed by atoms with Gasteiger partial charge in [0.2, 0.25) is 5.82 Å². The molecule has 12 nitrogen and oxygen atoms in total. The lowest BCUT2D eigenvalue weighted by Gasteiger charge is -2.50. The molecule has 1 aliphatic heterocycles. The normalized spacial score (nSPS) is 16.6. The molecule has 1 saturated carbocycles. The summed E-state index contributed by atoms with van der Waals surface area (Å²) in [5.74, 6) is -5.99. The van der Waals surface area contributed by atoms with Gasteiger partial charge in [-0.3, -0.25) is 19.6 Å². The van der Waals surface area contributed by atoms with E-state index in [9.17, 15) is 27.6 Å². The van der Waals surface area contributed by atoms with Crippen LogP contribution in [-0.2, 0) is 36.6 Å². The van der Waals surface area contributed by atoms with Gasteiger partial charge in [-0.25, -0.2) is 24.2 Å². The summed E-state index contributed by atoms with van der Waals surface area (Å²) in [7, 11) is 2.20.